The van der Waals surface area contributed by atoms with Gasteiger partial charge in [-0.05, 0) is 18.6 Å². The zero-order chi connectivity index (χ0) is 9.26. The van der Waals surface area contributed by atoms with Gasteiger partial charge in [0.05, 0.1) is 11.6 Å². The van der Waals surface area contributed by atoms with Gasteiger partial charge in [-0.15, -0.1) is 0 Å². The molecule has 0 amide bonds. The molecule has 0 aromatic heterocycles. The standard InChI is InChI=1S/C10H11ClO2/c1-7-3-2-4-9(11)10(7)13-6-8-5-12-8/h2-4,8H,5-6H2,1H3/t8-/m0/s1. The molecule has 1 aromatic carbocycles. The van der Waals surface area contributed by atoms with Crippen molar-refractivity contribution in [3.05, 3.63) is 28.8 Å². The topological polar surface area (TPSA) is 21.8 Å². The lowest BCUT2D eigenvalue weighted by molar-refractivity contribution is 0.262. The number of aryl methyl sites for hydroxylation is 1. The molecule has 3 heteroatoms. The molecule has 13 heavy (non-hydrogen) atoms. The summed E-state index contributed by atoms with van der Waals surface area (Å²) in [5.41, 5.74) is 1.06. The van der Waals surface area contributed by atoms with Gasteiger partial charge in [0.1, 0.15) is 18.5 Å². The number of rotatable bonds is 3. The summed E-state index contributed by atoms with van der Waals surface area (Å²) in [7, 11) is 0. The Morgan fingerprint density at radius 1 is 1.62 bits per heavy atom. The highest BCUT2D eigenvalue weighted by atomic mass is 35.5. The Morgan fingerprint density at radius 2 is 2.38 bits per heavy atom. The average Bonchev–Trinajstić information content (AvgIpc) is 2.87. The minimum absolute atomic E-state index is 0.274. The number of hydrogen-bond donors (Lipinski definition) is 0. The van der Waals surface area contributed by atoms with E-state index in [1.54, 1.807) is 0 Å². The monoisotopic (exact) mass is 198 g/mol. The minimum Gasteiger partial charge on any atom is -0.489 e. The van der Waals surface area contributed by atoms with Crippen molar-refractivity contribution in [3.63, 3.8) is 0 Å². The molecule has 1 saturated heterocycles. The highest BCUT2D eigenvalue weighted by molar-refractivity contribution is 6.32. The number of benzene rings is 1. The maximum atomic E-state index is 5.97. The SMILES string of the molecule is Cc1cccc(Cl)c1OC[C@@H]1CO1. The average molecular weight is 199 g/mol. The van der Waals surface area contributed by atoms with Crippen LogP contribution in [0.3, 0.4) is 0 Å². The second-order valence-corrected chi connectivity index (χ2v) is 3.56. The number of halogens is 1. The van der Waals surface area contributed by atoms with Gasteiger partial charge in [-0.25, -0.2) is 0 Å². The molecule has 1 aliphatic heterocycles. The number of ether oxygens (including phenoxy) is 2. The lowest BCUT2D eigenvalue weighted by atomic mass is 10.2. The lowest BCUT2D eigenvalue weighted by Gasteiger charge is -2.08. The molecule has 1 fully saturated rings. The molecule has 0 radical (unpaired) electrons. The fourth-order valence-electron chi connectivity index (χ4n) is 1.14. The summed E-state index contributed by atoms with van der Waals surface area (Å²) in [5, 5.41) is 0.667. The predicted octanol–water partition coefficient (Wildman–Crippen LogP) is 2.43. The van der Waals surface area contributed by atoms with Gasteiger partial charge in [0, 0.05) is 0 Å². The third-order valence-corrected chi connectivity index (χ3v) is 2.28. The first-order valence-corrected chi connectivity index (χ1v) is 4.64. The van der Waals surface area contributed by atoms with E-state index < -0.39 is 0 Å². The Hall–Kier alpha value is -0.730. The van der Waals surface area contributed by atoms with E-state index in [1.165, 1.54) is 0 Å². The maximum Gasteiger partial charge on any atom is 0.140 e. The summed E-state index contributed by atoms with van der Waals surface area (Å²) in [4.78, 5) is 0. The van der Waals surface area contributed by atoms with Crippen LogP contribution in [-0.2, 0) is 4.74 Å². The van der Waals surface area contributed by atoms with Crippen molar-refractivity contribution < 1.29 is 9.47 Å². The van der Waals surface area contributed by atoms with Crippen LogP contribution in [0.1, 0.15) is 5.56 Å². The van der Waals surface area contributed by atoms with Crippen molar-refractivity contribution in [3.8, 4) is 5.75 Å². The molecular formula is C10H11ClO2. The van der Waals surface area contributed by atoms with Crippen LogP contribution in [0.25, 0.3) is 0 Å². The van der Waals surface area contributed by atoms with Gasteiger partial charge in [0.2, 0.25) is 0 Å². The van der Waals surface area contributed by atoms with E-state index in [-0.39, 0.29) is 6.10 Å². The molecule has 70 valence electrons. The molecule has 2 nitrogen and oxygen atoms in total. The molecule has 1 aromatic rings. The van der Waals surface area contributed by atoms with Crippen LogP contribution in [0.2, 0.25) is 5.02 Å². The van der Waals surface area contributed by atoms with Crippen LogP contribution in [0.5, 0.6) is 5.75 Å². The first-order valence-electron chi connectivity index (χ1n) is 4.27. The third kappa shape index (κ3) is 2.14. The third-order valence-electron chi connectivity index (χ3n) is 1.98. The molecule has 1 aliphatic rings. The summed E-state index contributed by atoms with van der Waals surface area (Å²) in [5.74, 6) is 0.777. The maximum absolute atomic E-state index is 5.97. The van der Waals surface area contributed by atoms with Crippen LogP contribution in [0.15, 0.2) is 18.2 Å². The quantitative estimate of drug-likeness (QED) is 0.696. The molecule has 0 spiro atoms. The summed E-state index contributed by atoms with van der Waals surface area (Å²) in [6.07, 6.45) is 0.274. The smallest absolute Gasteiger partial charge is 0.140 e. The zero-order valence-corrected chi connectivity index (χ0v) is 8.17. The zero-order valence-electron chi connectivity index (χ0n) is 7.42. The van der Waals surface area contributed by atoms with Crippen molar-refractivity contribution in [2.75, 3.05) is 13.2 Å². The van der Waals surface area contributed by atoms with Crippen molar-refractivity contribution in [1.29, 1.82) is 0 Å². The van der Waals surface area contributed by atoms with Gasteiger partial charge in [0.15, 0.2) is 0 Å². The second-order valence-electron chi connectivity index (χ2n) is 3.15. The Bertz CT molecular complexity index is 288. The Labute approximate surface area is 82.4 Å². The van der Waals surface area contributed by atoms with E-state index >= 15 is 0 Å². The highest BCUT2D eigenvalue weighted by Gasteiger charge is 2.23. The normalized spacial score (nSPS) is 20.0. The number of para-hydroxylation sites is 1. The van der Waals surface area contributed by atoms with Crippen molar-refractivity contribution in [2.45, 2.75) is 13.0 Å². The van der Waals surface area contributed by atoms with Gasteiger partial charge in [0.25, 0.3) is 0 Å². The molecule has 0 saturated carbocycles. The Morgan fingerprint density at radius 3 is 3.00 bits per heavy atom. The van der Waals surface area contributed by atoms with Crippen molar-refractivity contribution in [2.24, 2.45) is 0 Å². The van der Waals surface area contributed by atoms with Crippen molar-refractivity contribution in [1.82, 2.24) is 0 Å². The first kappa shape index (κ1) is 8.85. The van der Waals surface area contributed by atoms with E-state index in [9.17, 15) is 0 Å². The Kier molecular flexibility index (Phi) is 2.42. The van der Waals surface area contributed by atoms with E-state index in [4.69, 9.17) is 21.1 Å². The van der Waals surface area contributed by atoms with E-state index in [1.807, 2.05) is 25.1 Å². The fourth-order valence-corrected chi connectivity index (χ4v) is 1.42. The summed E-state index contributed by atoms with van der Waals surface area (Å²) in [6.45, 7) is 3.39. The van der Waals surface area contributed by atoms with E-state index in [0.29, 0.717) is 11.6 Å². The molecule has 0 unspecified atom stereocenters. The van der Waals surface area contributed by atoms with Crippen LogP contribution in [0.4, 0.5) is 0 Å². The highest BCUT2D eigenvalue weighted by Crippen LogP contribution is 2.28. The Balaban J connectivity index is 2.07. The summed E-state index contributed by atoms with van der Waals surface area (Å²) >= 11 is 5.97. The number of epoxide rings is 1. The fraction of sp³-hybridized carbons (Fsp3) is 0.400. The van der Waals surface area contributed by atoms with Crippen LogP contribution < -0.4 is 4.74 Å². The largest absolute Gasteiger partial charge is 0.489 e. The van der Waals surface area contributed by atoms with Gasteiger partial charge in [-0.2, -0.15) is 0 Å². The van der Waals surface area contributed by atoms with Gasteiger partial charge < -0.3 is 9.47 Å². The molecule has 0 N–H and O–H groups in total. The molecule has 1 heterocycles. The summed E-state index contributed by atoms with van der Waals surface area (Å²) < 4.78 is 10.6. The van der Waals surface area contributed by atoms with E-state index in [0.717, 1.165) is 17.9 Å². The van der Waals surface area contributed by atoms with Crippen LogP contribution >= 0.6 is 11.6 Å². The van der Waals surface area contributed by atoms with Crippen molar-refractivity contribution >= 4 is 11.6 Å². The number of hydrogen-bond acceptors (Lipinski definition) is 2. The predicted molar refractivity (Wildman–Crippen MR) is 51.4 cm³/mol. The molecule has 0 aliphatic carbocycles. The molecule has 2 rings (SSSR count). The summed E-state index contributed by atoms with van der Waals surface area (Å²) in [6, 6.07) is 5.73. The van der Waals surface area contributed by atoms with Crippen LogP contribution in [-0.4, -0.2) is 19.3 Å². The lowest BCUT2D eigenvalue weighted by Crippen LogP contribution is -2.05. The van der Waals surface area contributed by atoms with Gasteiger partial charge in [-0.3, -0.25) is 0 Å². The molecule has 0 bridgehead atoms. The van der Waals surface area contributed by atoms with Gasteiger partial charge in [-0.1, -0.05) is 23.7 Å². The minimum atomic E-state index is 0.274. The van der Waals surface area contributed by atoms with E-state index in [2.05, 4.69) is 0 Å². The second kappa shape index (κ2) is 3.56. The van der Waals surface area contributed by atoms with Crippen LogP contribution in [0, 0.1) is 6.92 Å². The molecular weight excluding hydrogens is 188 g/mol. The molecule has 1 atom stereocenters. The van der Waals surface area contributed by atoms with Gasteiger partial charge >= 0.3 is 0 Å². The first-order chi connectivity index (χ1) is 6.27.